The van der Waals surface area contributed by atoms with E-state index in [9.17, 15) is 4.39 Å². The minimum Gasteiger partial charge on any atom is -0.366 e. The maximum atomic E-state index is 13.3. The minimum absolute atomic E-state index is 0.131. The molecule has 0 fully saturated rings. The molecule has 0 radical (unpaired) electrons. The number of nitrogens with zero attached hydrogens (tertiary/aromatic N) is 1. The highest BCUT2D eigenvalue weighted by Gasteiger charge is 2.26. The van der Waals surface area contributed by atoms with Gasteiger partial charge in [0.2, 0.25) is 0 Å². The monoisotopic (exact) mass is 340 g/mol. The summed E-state index contributed by atoms with van der Waals surface area (Å²) >= 11 is 0. The van der Waals surface area contributed by atoms with Gasteiger partial charge in [0.1, 0.15) is 5.82 Å². The maximum absolute atomic E-state index is 13.3. The number of nitrogens with one attached hydrogen (secondary N) is 1. The van der Waals surface area contributed by atoms with Crippen molar-refractivity contribution in [3.63, 3.8) is 0 Å². The highest BCUT2D eigenvalue weighted by Crippen LogP contribution is 2.29. The first-order valence-corrected chi connectivity index (χ1v) is 8.86. The van der Waals surface area contributed by atoms with Crippen molar-refractivity contribution in [1.29, 1.82) is 0 Å². The van der Waals surface area contributed by atoms with Gasteiger partial charge in [0.05, 0.1) is 6.04 Å². The van der Waals surface area contributed by atoms with Crippen molar-refractivity contribution in [1.82, 2.24) is 5.32 Å². The number of rotatable bonds is 8. The first-order chi connectivity index (χ1) is 11.9. The van der Waals surface area contributed by atoms with Crippen LogP contribution in [0.3, 0.4) is 0 Å². The lowest BCUT2D eigenvalue weighted by molar-refractivity contribution is 0.366. The molecule has 134 valence electrons. The summed E-state index contributed by atoms with van der Waals surface area (Å²) in [5.74, 6) is 0.169. The van der Waals surface area contributed by atoms with Crippen molar-refractivity contribution in [2.45, 2.75) is 38.9 Å². The van der Waals surface area contributed by atoms with Crippen LogP contribution in [0.15, 0.2) is 67.3 Å². The Morgan fingerprint density at radius 2 is 1.56 bits per heavy atom. The van der Waals surface area contributed by atoms with Gasteiger partial charge in [-0.15, -0.1) is 6.58 Å². The van der Waals surface area contributed by atoms with E-state index in [1.165, 1.54) is 17.7 Å². The Balaban J connectivity index is 2.29. The van der Waals surface area contributed by atoms with Crippen LogP contribution in [0.5, 0.6) is 0 Å². The molecule has 0 heterocycles. The zero-order chi connectivity index (χ0) is 18.4. The summed E-state index contributed by atoms with van der Waals surface area (Å²) in [6.45, 7) is 10.4. The second-order valence-corrected chi connectivity index (χ2v) is 6.78. The highest BCUT2D eigenvalue weighted by molar-refractivity contribution is 5.48. The van der Waals surface area contributed by atoms with Gasteiger partial charge < -0.3 is 10.2 Å². The summed E-state index contributed by atoms with van der Waals surface area (Å²) in [5.41, 5.74) is 2.22. The molecule has 0 bridgehead atoms. The third kappa shape index (κ3) is 4.93. The maximum Gasteiger partial charge on any atom is 0.123 e. The topological polar surface area (TPSA) is 15.3 Å². The fourth-order valence-corrected chi connectivity index (χ4v) is 3.20. The molecular formula is C22H29FN2. The van der Waals surface area contributed by atoms with E-state index in [4.69, 9.17) is 0 Å². The van der Waals surface area contributed by atoms with Crippen LogP contribution in [0.25, 0.3) is 0 Å². The van der Waals surface area contributed by atoms with E-state index in [0.29, 0.717) is 12.0 Å². The Hall–Kier alpha value is -2.13. The number of hydrogen-bond donors (Lipinski definition) is 1. The predicted octanol–water partition coefficient (Wildman–Crippen LogP) is 5.19. The summed E-state index contributed by atoms with van der Waals surface area (Å²) < 4.78 is 13.3. The molecular weight excluding hydrogens is 311 g/mol. The van der Waals surface area contributed by atoms with Gasteiger partial charge in [-0.25, -0.2) is 4.39 Å². The highest BCUT2D eigenvalue weighted by atomic mass is 19.1. The normalized spacial score (nSPS) is 15.9. The molecule has 0 saturated heterocycles. The molecule has 25 heavy (non-hydrogen) atoms. The second-order valence-electron chi connectivity index (χ2n) is 6.78. The van der Waals surface area contributed by atoms with E-state index in [1.807, 2.05) is 24.3 Å². The van der Waals surface area contributed by atoms with Crippen LogP contribution in [-0.4, -0.2) is 19.1 Å². The van der Waals surface area contributed by atoms with Crippen molar-refractivity contribution < 1.29 is 4.39 Å². The van der Waals surface area contributed by atoms with Gasteiger partial charge in [-0.05, 0) is 49.6 Å². The molecule has 2 rings (SSSR count). The van der Waals surface area contributed by atoms with Gasteiger partial charge >= 0.3 is 0 Å². The standard InChI is InChI=1S/C22H29FN2/c1-6-16(2)17(3)24-18(4)22(19-10-8-7-9-11-19)25(5)21-14-12-20(23)13-15-21/h6-18,22,24H,1H2,2-5H3. The molecule has 0 aliphatic carbocycles. The third-order valence-corrected chi connectivity index (χ3v) is 4.95. The Kier molecular flexibility index (Phi) is 6.77. The first kappa shape index (κ1) is 19.2. The zero-order valence-corrected chi connectivity index (χ0v) is 15.6. The average Bonchev–Trinajstić information content (AvgIpc) is 2.62. The Labute approximate surface area is 151 Å². The lowest BCUT2D eigenvalue weighted by Crippen LogP contribution is -2.46. The molecule has 3 heteroatoms. The van der Waals surface area contributed by atoms with Crippen LogP contribution in [0, 0.1) is 11.7 Å². The Morgan fingerprint density at radius 1 is 0.960 bits per heavy atom. The van der Waals surface area contributed by atoms with Gasteiger partial charge in [-0.2, -0.15) is 0 Å². The number of benzene rings is 2. The first-order valence-electron chi connectivity index (χ1n) is 8.86. The molecule has 2 nitrogen and oxygen atoms in total. The van der Waals surface area contributed by atoms with Gasteiger partial charge in [0, 0.05) is 24.8 Å². The number of likely N-dealkylation sites (N-methyl/N-ethyl adjacent to an activating group) is 1. The van der Waals surface area contributed by atoms with E-state index < -0.39 is 0 Å². The molecule has 0 aromatic heterocycles. The fourth-order valence-electron chi connectivity index (χ4n) is 3.20. The molecule has 2 aromatic carbocycles. The molecule has 1 N–H and O–H groups in total. The van der Waals surface area contributed by atoms with E-state index in [0.717, 1.165) is 5.69 Å². The number of halogens is 1. The minimum atomic E-state index is -0.215. The van der Waals surface area contributed by atoms with E-state index in [-0.39, 0.29) is 17.9 Å². The summed E-state index contributed by atoms with van der Waals surface area (Å²) in [6, 6.07) is 17.8. The van der Waals surface area contributed by atoms with E-state index >= 15 is 0 Å². The smallest absolute Gasteiger partial charge is 0.123 e. The van der Waals surface area contributed by atoms with Crippen LogP contribution < -0.4 is 10.2 Å². The molecule has 0 aliphatic rings. The lowest BCUT2D eigenvalue weighted by Gasteiger charge is -2.37. The van der Waals surface area contributed by atoms with Gasteiger partial charge in [0.15, 0.2) is 0 Å². The molecule has 0 amide bonds. The van der Waals surface area contributed by atoms with Crippen LogP contribution in [0.4, 0.5) is 10.1 Å². The molecule has 2 aromatic rings. The van der Waals surface area contributed by atoms with E-state index in [1.54, 1.807) is 0 Å². The SMILES string of the molecule is C=CC(C)C(C)NC(C)C(c1ccccc1)N(C)c1ccc(F)cc1. The van der Waals surface area contributed by atoms with Crippen molar-refractivity contribution >= 4 is 5.69 Å². The zero-order valence-electron chi connectivity index (χ0n) is 15.6. The molecule has 0 saturated carbocycles. The fraction of sp³-hybridized carbons (Fsp3) is 0.364. The lowest BCUT2D eigenvalue weighted by atomic mass is 9.95. The van der Waals surface area contributed by atoms with Crippen molar-refractivity contribution in [3.8, 4) is 0 Å². The van der Waals surface area contributed by atoms with Crippen LogP contribution >= 0.6 is 0 Å². The number of hydrogen-bond acceptors (Lipinski definition) is 2. The van der Waals surface area contributed by atoms with Crippen molar-refractivity contribution in [3.05, 3.63) is 78.6 Å². The summed E-state index contributed by atoms with van der Waals surface area (Å²) in [4.78, 5) is 2.21. The predicted molar refractivity (Wildman–Crippen MR) is 105 cm³/mol. The average molecular weight is 340 g/mol. The van der Waals surface area contributed by atoms with Crippen LogP contribution in [-0.2, 0) is 0 Å². The summed E-state index contributed by atoms with van der Waals surface area (Å²) in [5, 5.41) is 3.70. The second kappa shape index (κ2) is 8.82. The Morgan fingerprint density at radius 3 is 2.12 bits per heavy atom. The van der Waals surface area contributed by atoms with Crippen molar-refractivity contribution in [2.75, 3.05) is 11.9 Å². The quantitative estimate of drug-likeness (QED) is 0.665. The largest absolute Gasteiger partial charge is 0.366 e. The van der Waals surface area contributed by atoms with Crippen LogP contribution in [0.1, 0.15) is 32.4 Å². The van der Waals surface area contributed by atoms with Gasteiger partial charge in [0.25, 0.3) is 0 Å². The third-order valence-electron chi connectivity index (χ3n) is 4.95. The van der Waals surface area contributed by atoms with E-state index in [2.05, 4.69) is 68.9 Å². The molecule has 4 unspecified atom stereocenters. The molecule has 4 atom stereocenters. The Bertz CT molecular complexity index is 653. The van der Waals surface area contributed by atoms with Crippen molar-refractivity contribution in [2.24, 2.45) is 5.92 Å². The van der Waals surface area contributed by atoms with Crippen LogP contribution in [0.2, 0.25) is 0 Å². The summed E-state index contributed by atoms with van der Waals surface area (Å²) in [6.07, 6.45) is 1.98. The number of anilines is 1. The van der Waals surface area contributed by atoms with Gasteiger partial charge in [-0.3, -0.25) is 0 Å². The van der Waals surface area contributed by atoms with Gasteiger partial charge in [-0.1, -0.05) is 43.3 Å². The molecule has 0 aliphatic heterocycles. The molecule has 0 spiro atoms. The summed E-state index contributed by atoms with van der Waals surface area (Å²) in [7, 11) is 2.06.